The lowest BCUT2D eigenvalue weighted by Gasteiger charge is -2.06. The molecule has 0 radical (unpaired) electrons. The van der Waals surface area contributed by atoms with E-state index in [0.717, 1.165) is 33.2 Å². The Morgan fingerprint density at radius 1 is 0.645 bits per heavy atom. The fraction of sp³-hybridized carbons (Fsp3) is 0. The second-order valence-corrected chi connectivity index (χ2v) is 7.29. The molecule has 2 heterocycles. The monoisotopic (exact) mass is 402 g/mol. The molecule has 4 aromatic carbocycles. The van der Waals surface area contributed by atoms with Gasteiger partial charge in [0.25, 0.3) is 0 Å². The minimum Gasteiger partial charge on any atom is -0.455 e. The molecule has 0 bridgehead atoms. The summed E-state index contributed by atoms with van der Waals surface area (Å²) in [6.07, 6.45) is 1.79. The van der Waals surface area contributed by atoms with Gasteiger partial charge in [0.1, 0.15) is 11.2 Å². The van der Waals surface area contributed by atoms with Crippen LogP contribution in [-0.2, 0) is 0 Å². The van der Waals surface area contributed by atoms with Gasteiger partial charge in [-0.05, 0) is 52.6 Å². The zero-order chi connectivity index (χ0) is 25.0. The molecule has 0 N–H and O–H groups in total. The molecule has 2 heteroatoms. The zero-order valence-corrected chi connectivity index (χ0v) is 16.4. The number of fused-ring (bicyclic) bond motifs is 3. The number of rotatable bonds is 3. The minimum atomic E-state index is -0.409. The third-order valence-corrected chi connectivity index (χ3v) is 5.43. The van der Waals surface area contributed by atoms with Gasteiger partial charge in [0.05, 0.1) is 12.5 Å². The number of furan rings is 1. The van der Waals surface area contributed by atoms with Gasteiger partial charge in [0.15, 0.2) is 0 Å². The maximum Gasteiger partial charge on any atom is 0.144 e. The average molecular weight is 403 g/mol. The van der Waals surface area contributed by atoms with E-state index in [4.69, 9.17) is 11.3 Å². The van der Waals surface area contributed by atoms with E-state index in [1.807, 2.05) is 54.6 Å². The Labute approximate surface area is 187 Å². The van der Waals surface area contributed by atoms with E-state index < -0.39 is 6.04 Å². The maximum absolute atomic E-state index is 8.31. The number of nitrogens with zero attached hydrogens (tertiary/aromatic N) is 1. The SMILES string of the molecule is [2H]c1c([2H])c([2H])c(-c2ccc3c(c2)oc2c(-c4cc(-c5ccccc5)ccn4)cccc23)c([2H])c1[2H]. The molecule has 0 aliphatic heterocycles. The van der Waals surface area contributed by atoms with Gasteiger partial charge in [-0.1, -0.05) is 78.7 Å². The molecule has 2 aromatic heterocycles. The lowest BCUT2D eigenvalue weighted by Crippen LogP contribution is -1.86. The van der Waals surface area contributed by atoms with Crippen molar-refractivity contribution in [1.29, 1.82) is 0 Å². The first-order valence-corrected chi connectivity index (χ1v) is 9.98. The first kappa shape index (κ1) is 13.2. The predicted molar refractivity (Wildman–Crippen MR) is 128 cm³/mol. The van der Waals surface area contributed by atoms with Gasteiger partial charge in [0.2, 0.25) is 0 Å². The van der Waals surface area contributed by atoms with Gasteiger partial charge in [-0.3, -0.25) is 4.98 Å². The number of pyridine rings is 1. The highest BCUT2D eigenvalue weighted by molar-refractivity contribution is 6.10. The summed E-state index contributed by atoms with van der Waals surface area (Å²) < 4.78 is 46.8. The molecular formula is C29H19NO. The topological polar surface area (TPSA) is 26.0 Å². The Morgan fingerprint density at radius 3 is 2.35 bits per heavy atom. The summed E-state index contributed by atoms with van der Waals surface area (Å²) in [4.78, 5) is 4.60. The normalized spacial score (nSPS) is 13.5. The maximum atomic E-state index is 8.31. The van der Waals surface area contributed by atoms with Crippen LogP contribution in [-0.4, -0.2) is 4.98 Å². The Hall–Kier alpha value is -4.17. The van der Waals surface area contributed by atoms with Crippen molar-refractivity contribution in [1.82, 2.24) is 4.98 Å². The lowest BCUT2D eigenvalue weighted by atomic mass is 10.0. The van der Waals surface area contributed by atoms with Gasteiger partial charge < -0.3 is 4.42 Å². The van der Waals surface area contributed by atoms with E-state index in [1.54, 1.807) is 18.3 Å². The quantitative estimate of drug-likeness (QED) is 0.300. The molecule has 0 atom stereocenters. The van der Waals surface area contributed by atoms with Crippen LogP contribution in [0, 0.1) is 0 Å². The second-order valence-electron chi connectivity index (χ2n) is 7.29. The van der Waals surface area contributed by atoms with Crippen LogP contribution in [0.15, 0.2) is 120 Å². The molecule has 0 saturated heterocycles. The lowest BCUT2D eigenvalue weighted by molar-refractivity contribution is 0.670. The van der Waals surface area contributed by atoms with Crippen LogP contribution in [0.5, 0.6) is 0 Å². The van der Waals surface area contributed by atoms with Crippen molar-refractivity contribution in [3.8, 4) is 33.5 Å². The van der Waals surface area contributed by atoms with Crippen LogP contribution in [0.3, 0.4) is 0 Å². The summed E-state index contributed by atoms with van der Waals surface area (Å²) in [5, 5.41) is 1.80. The summed E-state index contributed by atoms with van der Waals surface area (Å²) in [5.41, 5.74) is 5.70. The van der Waals surface area contributed by atoms with E-state index in [9.17, 15) is 0 Å². The van der Waals surface area contributed by atoms with Gasteiger partial charge in [-0.15, -0.1) is 0 Å². The molecule has 0 unspecified atom stereocenters. The molecule has 31 heavy (non-hydrogen) atoms. The van der Waals surface area contributed by atoms with Crippen LogP contribution in [0.2, 0.25) is 0 Å². The Kier molecular flexibility index (Phi) is 3.09. The number of hydrogen-bond acceptors (Lipinski definition) is 2. The third kappa shape index (κ3) is 3.10. The van der Waals surface area contributed by atoms with Gasteiger partial charge in [-0.25, -0.2) is 0 Å². The first-order chi connectivity index (χ1) is 17.4. The molecule has 0 amide bonds. The van der Waals surface area contributed by atoms with Gasteiger partial charge >= 0.3 is 0 Å². The molecule has 0 fully saturated rings. The van der Waals surface area contributed by atoms with Gasteiger partial charge in [-0.2, -0.15) is 0 Å². The largest absolute Gasteiger partial charge is 0.455 e. The van der Waals surface area contributed by atoms with Crippen LogP contribution in [0.25, 0.3) is 55.4 Å². The summed E-state index contributed by atoms with van der Waals surface area (Å²) >= 11 is 0. The second kappa shape index (κ2) is 7.26. The van der Waals surface area contributed by atoms with E-state index in [1.165, 1.54) is 0 Å². The number of benzene rings is 4. The summed E-state index contributed by atoms with van der Waals surface area (Å²) in [6.45, 7) is 0. The molecule has 6 rings (SSSR count). The van der Waals surface area contributed by atoms with Crippen molar-refractivity contribution in [2.45, 2.75) is 0 Å². The van der Waals surface area contributed by atoms with Crippen molar-refractivity contribution in [3.63, 3.8) is 0 Å². The third-order valence-electron chi connectivity index (χ3n) is 5.43. The van der Waals surface area contributed by atoms with Crippen molar-refractivity contribution < 1.29 is 11.3 Å². The highest BCUT2D eigenvalue weighted by Gasteiger charge is 2.14. The predicted octanol–water partition coefficient (Wildman–Crippen LogP) is 7.98. The summed E-state index contributed by atoms with van der Waals surface area (Å²) in [7, 11) is 0. The molecule has 6 aromatic rings. The molecule has 0 saturated carbocycles. The fourth-order valence-corrected chi connectivity index (χ4v) is 3.94. The van der Waals surface area contributed by atoms with Crippen LogP contribution >= 0.6 is 0 Å². The van der Waals surface area contributed by atoms with Crippen molar-refractivity contribution in [2.24, 2.45) is 0 Å². The van der Waals surface area contributed by atoms with Crippen LogP contribution < -0.4 is 0 Å². The standard InChI is InChI=1S/C29H19NO/c1-3-8-20(9-4-1)22-14-15-24-25-12-7-13-26(29(25)31-28(24)19-22)27-18-23(16-17-30-27)21-10-5-2-6-11-21/h1-19H/i1D,3D,4D,8D,9D. The molecule has 146 valence electrons. The minimum absolute atomic E-state index is 0.154. The molecule has 2 nitrogen and oxygen atoms in total. The zero-order valence-electron chi connectivity index (χ0n) is 21.4. The van der Waals surface area contributed by atoms with E-state index in [0.29, 0.717) is 16.7 Å². The molecular weight excluding hydrogens is 378 g/mol. The summed E-state index contributed by atoms with van der Waals surface area (Å²) in [6, 6.07) is 23.8. The van der Waals surface area contributed by atoms with E-state index in [2.05, 4.69) is 17.1 Å². The number of aromatic nitrogens is 1. The van der Waals surface area contributed by atoms with Gasteiger partial charge in [0, 0.05) is 22.5 Å². The van der Waals surface area contributed by atoms with Crippen molar-refractivity contribution in [2.75, 3.05) is 0 Å². The van der Waals surface area contributed by atoms with Crippen LogP contribution in [0.1, 0.15) is 6.85 Å². The van der Waals surface area contributed by atoms with E-state index >= 15 is 0 Å². The fourth-order valence-electron chi connectivity index (χ4n) is 3.94. The van der Waals surface area contributed by atoms with Crippen molar-refractivity contribution >= 4 is 21.9 Å². The Morgan fingerprint density at radius 2 is 1.48 bits per heavy atom. The highest BCUT2D eigenvalue weighted by atomic mass is 16.3. The highest BCUT2D eigenvalue weighted by Crippen LogP contribution is 2.37. The Balaban J connectivity index is 1.53. The number of hydrogen-bond donors (Lipinski definition) is 0. The number of para-hydroxylation sites is 1. The van der Waals surface area contributed by atoms with Crippen LogP contribution in [0.4, 0.5) is 0 Å². The molecule has 0 spiro atoms. The molecule has 0 aliphatic rings. The smallest absolute Gasteiger partial charge is 0.144 e. The molecule has 0 aliphatic carbocycles. The summed E-state index contributed by atoms with van der Waals surface area (Å²) in [5.74, 6) is 0. The van der Waals surface area contributed by atoms with E-state index in [-0.39, 0.29) is 29.7 Å². The van der Waals surface area contributed by atoms with Crippen molar-refractivity contribution in [3.05, 3.63) is 115 Å². The average Bonchev–Trinajstić information content (AvgIpc) is 3.29. The first-order valence-electron chi connectivity index (χ1n) is 12.5. The Bertz CT molecular complexity index is 1760.